The maximum Gasteiger partial charge on any atom is 0.288 e. The zero-order valence-corrected chi connectivity index (χ0v) is 8.92. The van der Waals surface area contributed by atoms with Crippen molar-refractivity contribution in [3.8, 4) is 0 Å². The molecule has 0 bridgehead atoms. The maximum absolute atomic E-state index is 10.7. The summed E-state index contributed by atoms with van der Waals surface area (Å²) in [6, 6.07) is 1.51. The topological polar surface area (TPSA) is 93.9 Å². The fourth-order valence-corrected chi connectivity index (χ4v) is 2.08. The minimum absolute atomic E-state index is 0.0148. The van der Waals surface area contributed by atoms with Crippen LogP contribution < -0.4 is 0 Å². The molecule has 7 nitrogen and oxygen atoms in total. The summed E-state index contributed by atoms with van der Waals surface area (Å²) in [5.41, 5.74) is 1.38. The van der Waals surface area contributed by atoms with E-state index in [0.717, 1.165) is 17.5 Å². The number of nitro groups is 1. The molecule has 0 saturated carbocycles. The summed E-state index contributed by atoms with van der Waals surface area (Å²) in [7, 11) is 0. The summed E-state index contributed by atoms with van der Waals surface area (Å²) in [5, 5.41) is 18.4. The number of nitrogens with one attached hydrogen (secondary N) is 1. The molecule has 2 aromatic heterocycles. The van der Waals surface area contributed by atoms with Gasteiger partial charge >= 0.3 is 0 Å². The molecule has 7 heteroatoms. The van der Waals surface area contributed by atoms with E-state index in [1.807, 2.05) is 0 Å². The number of aromatic amines is 1. The highest BCUT2D eigenvalue weighted by molar-refractivity contribution is 5.80. The van der Waals surface area contributed by atoms with Crippen LogP contribution in [0.4, 0.5) is 5.69 Å². The van der Waals surface area contributed by atoms with E-state index in [9.17, 15) is 10.1 Å². The number of aromatic nitrogens is 3. The Bertz CT molecular complexity index is 574. The third-order valence-electron chi connectivity index (χ3n) is 2.97. The Morgan fingerprint density at radius 2 is 2.47 bits per heavy atom. The molecule has 1 fully saturated rings. The first kappa shape index (κ1) is 10.2. The third-order valence-corrected chi connectivity index (χ3v) is 2.97. The van der Waals surface area contributed by atoms with Crippen molar-refractivity contribution in [2.45, 2.75) is 12.3 Å². The van der Waals surface area contributed by atoms with Gasteiger partial charge in [-0.15, -0.1) is 0 Å². The third kappa shape index (κ3) is 1.64. The average molecular weight is 234 g/mol. The predicted molar refractivity (Wildman–Crippen MR) is 58.7 cm³/mol. The molecule has 1 atom stereocenters. The first-order valence-corrected chi connectivity index (χ1v) is 5.32. The first-order valence-electron chi connectivity index (χ1n) is 5.32. The van der Waals surface area contributed by atoms with Crippen LogP contribution in [0.5, 0.6) is 0 Å². The van der Waals surface area contributed by atoms with E-state index in [2.05, 4.69) is 15.2 Å². The van der Waals surface area contributed by atoms with Gasteiger partial charge in [-0.3, -0.25) is 15.2 Å². The molecule has 3 heterocycles. The molecular weight excluding hydrogens is 224 g/mol. The van der Waals surface area contributed by atoms with Crippen molar-refractivity contribution >= 4 is 16.7 Å². The number of fused-ring (bicyclic) bond motifs is 1. The van der Waals surface area contributed by atoms with Gasteiger partial charge in [0, 0.05) is 24.0 Å². The molecule has 1 saturated heterocycles. The summed E-state index contributed by atoms with van der Waals surface area (Å²) in [4.78, 5) is 14.2. The average Bonchev–Trinajstić information content (AvgIpc) is 2.96. The zero-order chi connectivity index (χ0) is 11.8. The number of H-pyrrole nitrogens is 1. The Kier molecular flexibility index (Phi) is 2.25. The molecule has 0 spiro atoms. The number of hydrogen-bond donors (Lipinski definition) is 1. The van der Waals surface area contributed by atoms with E-state index in [0.29, 0.717) is 18.9 Å². The van der Waals surface area contributed by atoms with Crippen molar-refractivity contribution in [1.82, 2.24) is 15.2 Å². The standard InChI is InChI=1S/C10H10N4O3/c15-14(16)7-3-8-9(6-1-2-17-5-6)12-13-10(8)11-4-7/h3-4,6H,1-2,5H2,(H,11,12,13). The summed E-state index contributed by atoms with van der Waals surface area (Å²) < 4.78 is 5.31. The molecule has 2 aromatic rings. The van der Waals surface area contributed by atoms with Gasteiger partial charge in [-0.1, -0.05) is 0 Å². The summed E-state index contributed by atoms with van der Waals surface area (Å²) in [5.74, 6) is 0.226. The van der Waals surface area contributed by atoms with Gasteiger partial charge in [0.05, 0.1) is 17.2 Å². The van der Waals surface area contributed by atoms with E-state index in [1.165, 1.54) is 12.3 Å². The second-order valence-electron chi connectivity index (χ2n) is 4.02. The Labute approximate surface area is 96.0 Å². The van der Waals surface area contributed by atoms with E-state index >= 15 is 0 Å². The highest BCUT2D eigenvalue weighted by atomic mass is 16.6. The van der Waals surface area contributed by atoms with E-state index in [-0.39, 0.29) is 11.6 Å². The van der Waals surface area contributed by atoms with Crippen molar-refractivity contribution in [2.75, 3.05) is 13.2 Å². The van der Waals surface area contributed by atoms with Crippen LogP contribution in [0.15, 0.2) is 12.3 Å². The van der Waals surface area contributed by atoms with Crippen LogP contribution in [0.2, 0.25) is 0 Å². The smallest absolute Gasteiger partial charge is 0.288 e. The number of rotatable bonds is 2. The quantitative estimate of drug-likeness (QED) is 0.625. The lowest BCUT2D eigenvalue weighted by molar-refractivity contribution is -0.385. The van der Waals surface area contributed by atoms with Crippen LogP contribution in [0, 0.1) is 10.1 Å². The Morgan fingerprint density at radius 3 is 3.18 bits per heavy atom. The lowest BCUT2D eigenvalue weighted by atomic mass is 10.0. The lowest BCUT2D eigenvalue weighted by Crippen LogP contribution is -1.98. The van der Waals surface area contributed by atoms with Gasteiger partial charge in [0.15, 0.2) is 5.65 Å². The first-order chi connectivity index (χ1) is 8.25. The summed E-state index contributed by atoms with van der Waals surface area (Å²) >= 11 is 0. The fraction of sp³-hybridized carbons (Fsp3) is 0.400. The van der Waals surface area contributed by atoms with Crippen LogP contribution in [0.1, 0.15) is 18.0 Å². The molecular formula is C10H10N4O3. The molecule has 1 aliphatic rings. The molecule has 0 amide bonds. The summed E-state index contributed by atoms with van der Waals surface area (Å²) in [6.45, 7) is 1.34. The number of pyridine rings is 1. The molecule has 1 aliphatic heterocycles. The SMILES string of the molecule is O=[N+]([O-])c1cnc2n[nH]c(C3CCOC3)c2c1. The van der Waals surface area contributed by atoms with Gasteiger partial charge in [0.1, 0.15) is 6.20 Å². The van der Waals surface area contributed by atoms with Gasteiger partial charge in [0.25, 0.3) is 5.69 Å². The van der Waals surface area contributed by atoms with Crippen LogP contribution >= 0.6 is 0 Å². The second-order valence-corrected chi connectivity index (χ2v) is 4.02. The minimum atomic E-state index is -0.450. The highest BCUT2D eigenvalue weighted by Gasteiger charge is 2.23. The van der Waals surface area contributed by atoms with Crippen LogP contribution in [0.3, 0.4) is 0 Å². The van der Waals surface area contributed by atoms with Gasteiger partial charge in [-0.2, -0.15) is 5.10 Å². The predicted octanol–water partition coefficient (Wildman–Crippen LogP) is 1.37. The van der Waals surface area contributed by atoms with E-state index < -0.39 is 4.92 Å². The number of hydrogen-bond acceptors (Lipinski definition) is 5. The Balaban J connectivity index is 2.11. The van der Waals surface area contributed by atoms with Gasteiger partial charge in [-0.25, -0.2) is 4.98 Å². The molecule has 0 aromatic carbocycles. The largest absolute Gasteiger partial charge is 0.381 e. The van der Waals surface area contributed by atoms with Crippen LogP contribution in [-0.2, 0) is 4.74 Å². The van der Waals surface area contributed by atoms with Crippen molar-refractivity contribution in [3.05, 3.63) is 28.1 Å². The van der Waals surface area contributed by atoms with Crippen molar-refractivity contribution in [2.24, 2.45) is 0 Å². The molecule has 17 heavy (non-hydrogen) atoms. The fourth-order valence-electron chi connectivity index (χ4n) is 2.08. The molecule has 0 radical (unpaired) electrons. The zero-order valence-electron chi connectivity index (χ0n) is 8.92. The van der Waals surface area contributed by atoms with Gasteiger partial charge < -0.3 is 4.74 Å². The van der Waals surface area contributed by atoms with Gasteiger partial charge in [-0.05, 0) is 6.42 Å². The highest BCUT2D eigenvalue weighted by Crippen LogP contribution is 2.30. The molecule has 88 valence electrons. The van der Waals surface area contributed by atoms with E-state index in [4.69, 9.17) is 4.74 Å². The normalized spacial score (nSPS) is 19.9. The Morgan fingerprint density at radius 1 is 1.59 bits per heavy atom. The Hall–Kier alpha value is -2.02. The van der Waals surface area contributed by atoms with Crippen LogP contribution in [-0.4, -0.2) is 33.3 Å². The van der Waals surface area contributed by atoms with Gasteiger partial charge in [0.2, 0.25) is 0 Å². The molecule has 3 rings (SSSR count). The molecule has 0 aliphatic carbocycles. The molecule has 1 N–H and O–H groups in total. The molecule has 1 unspecified atom stereocenters. The van der Waals surface area contributed by atoms with Crippen molar-refractivity contribution in [1.29, 1.82) is 0 Å². The monoisotopic (exact) mass is 234 g/mol. The lowest BCUT2D eigenvalue weighted by Gasteiger charge is -2.03. The minimum Gasteiger partial charge on any atom is -0.381 e. The number of nitrogens with zero attached hydrogens (tertiary/aromatic N) is 3. The maximum atomic E-state index is 10.7. The van der Waals surface area contributed by atoms with E-state index in [1.54, 1.807) is 0 Å². The summed E-state index contributed by atoms with van der Waals surface area (Å²) in [6.07, 6.45) is 2.12. The van der Waals surface area contributed by atoms with Crippen LogP contribution in [0.25, 0.3) is 11.0 Å². The number of ether oxygens (including phenoxy) is 1. The van der Waals surface area contributed by atoms with Crippen molar-refractivity contribution in [3.63, 3.8) is 0 Å². The second kappa shape index (κ2) is 3.77. The van der Waals surface area contributed by atoms with Crippen molar-refractivity contribution < 1.29 is 9.66 Å².